The molecule has 0 aliphatic heterocycles. The van der Waals surface area contributed by atoms with Crippen molar-refractivity contribution in [1.29, 1.82) is 0 Å². The SMILES string of the molecule is Cc1cccc(NC(=O)NC(C)(C)CC(=O)O)c1C. The van der Waals surface area contributed by atoms with E-state index in [1.165, 1.54) is 0 Å². The molecule has 3 N–H and O–H groups in total. The van der Waals surface area contributed by atoms with Crippen molar-refractivity contribution in [3.05, 3.63) is 29.3 Å². The highest BCUT2D eigenvalue weighted by atomic mass is 16.4. The number of carboxylic acid groups (broad SMARTS) is 1. The minimum atomic E-state index is -0.947. The van der Waals surface area contributed by atoms with E-state index in [0.717, 1.165) is 16.8 Å². The van der Waals surface area contributed by atoms with E-state index < -0.39 is 17.5 Å². The van der Waals surface area contributed by atoms with Crippen LogP contribution >= 0.6 is 0 Å². The number of aryl methyl sites for hydroxylation is 1. The van der Waals surface area contributed by atoms with Gasteiger partial charge in [-0.15, -0.1) is 0 Å². The Labute approximate surface area is 113 Å². The Morgan fingerprint density at radius 3 is 2.47 bits per heavy atom. The fourth-order valence-corrected chi connectivity index (χ4v) is 1.77. The summed E-state index contributed by atoms with van der Waals surface area (Å²) in [5.74, 6) is -0.947. The molecule has 0 heterocycles. The van der Waals surface area contributed by atoms with Gasteiger partial charge in [0.25, 0.3) is 0 Å². The van der Waals surface area contributed by atoms with Crippen LogP contribution < -0.4 is 10.6 Å². The molecule has 104 valence electrons. The van der Waals surface area contributed by atoms with Crippen molar-refractivity contribution in [2.75, 3.05) is 5.32 Å². The van der Waals surface area contributed by atoms with Crippen LogP contribution in [0.1, 0.15) is 31.4 Å². The van der Waals surface area contributed by atoms with Crippen molar-refractivity contribution in [2.24, 2.45) is 0 Å². The first-order chi connectivity index (χ1) is 8.71. The number of benzene rings is 1. The number of hydrogen-bond acceptors (Lipinski definition) is 2. The standard InChI is InChI=1S/C14H20N2O3/c1-9-6-5-7-11(10(9)2)15-13(19)16-14(3,4)8-12(17)18/h5-7H,8H2,1-4H3,(H,17,18)(H2,15,16,19). The van der Waals surface area contributed by atoms with Crippen molar-refractivity contribution in [3.63, 3.8) is 0 Å². The zero-order valence-corrected chi connectivity index (χ0v) is 11.7. The molecule has 0 fully saturated rings. The third-order valence-electron chi connectivity index (χ3n) is 2.90. The highest BCUT2D eigenvalue weighted by Crippen LogP contribution is 2.18. The zero-order chi connectivity index (χ0) is 14.6. The molecule has 0 saturated carbocycles. The average Bonchev–Trinajstić information content (AvgIpc) is 2.21. The Hall–Kier alpha value is -2.04. The highest BCUT2D eigenvalue weighted by Gasteiger charge is 2.23. The summed E-state index contributed by atoms with van der Waals surface area (Å²) in [6.07, 6.45) is -0.132. The molecule has 5 nitrogen and oxygen atoms in total. The minimum Gasteiger partial charge on any atom is -0.481 e. The molecule has 0 aliphatic rings. The number of amides is 2. The molecule has 0 aromatic heterocycles. The van der Waals surface area contributed by atoms with Gasteiger partial charge in [-0.2, -0.15) is 0 Å². The molecular formula is C14H20N2O3. The van der Waals surface area contributed by atoms with Gasteiger partial charge in [0.05, 0.1) is 6.42 Å². The van der Waals surface area contributed by atoms with E-state index in [4.69, 9.17) is 5.11 Å². The minimum absolute atomic E-state index is 0.132. The normalized spacial score (nSPS) is 10.9. The van der Waals surface area contributed by atoms with Crippen LogP contribution in [0, 0.1) is 13.8 Å². The van der Waals surface area contributed by atoms with Gasteiger partial charge in [-0.05, 0) is 44.9 Å². The highest BCUT2D eigenvalue weighted by molar-refractivity contribution is 5.91. The van der Waals surface area contributed by atoms with E-state index in [-0.39, 0.29) is 6.42 Å². The van der Waals surface area contributed by atoms with Gasteiger partial charge in [0.1, 0.15) is 0 Å². The summed E-state index contributed by atoms with van der Waals surface area (Å²) in [5.41, 5.74) is 2.01. The molecule has 0 aliphatic carbocycles. The van der Waals surface area contributed by atoms with Crippen LogP contribution in [0.2, 0.25) is 0 Å². The van der Waals surface area contributed by atoms with Gasteiger partial charge in [-0.25, -0.2) is 4.79 Å². The van der Waals surface area contributed by atoms with Crippen LogP contribution in [-0.2, 0) is 4.79 Å². The molecule has 2 amide bonds. The average molecular weight is 264 g/mol. The molecule has 1 rings (SSSR count). The first-order valence-corrected chi connectivity index (χ1v) is 6.08. The number of carbonyl (C=O) groups is 2. The summed E-state index contributed by atoms with van der Waals surface area (Å²) in [6.45, 7) is 7.23. The van der Waals surface area contributed by atoms with Crippen molar-refractivity contribution in [1.82, 2.24) is 5.32 Å². The number of nitrogens with one attached hydrogen (secondary N) is 2. The second-order valence-electron chi connectivity index (χ2n) is 5.28. The lowest BCUT2D eigenvalue weighted by molar-refractivity contribution is -0.138. The van der Waals surface area contributed by atoms with E-state index in [9.17, 15) is 9.59 Å². The maximum Gasteiger partial charge on any atom is 0.319 e. The maximum absolute atomic E-state index is 11.9. The van der Waals surface area contributed by atoms with E-state index in [0.29, 0.717) is 0 Å². The van der Waals surface area contributed by atoms with Gasteiger partial charge in [0, 0.05) is 11.2 Å². The number of anilines is 1. The molecule has 1 aromatic carbocycles. The van der Waals surface area contributed by atoms with E-state index in [1.54, 1.807) is 13.8 Å². The summed E-state index contributed by atoms with van der Waals surface area (Å²) in [4.78, 5) is 22.5. The summed E-state index contributed by atoms with van der Waals surface area (Å²) in [5, 5.41) is 14.1. The van der Waals surface area contributed by atoms with Crippen LogP contribution in [0.4, 0.5) is 10.5 Å². The topological polar surface area (TPSA) is 78.4 Å². The van der Waals surface area contributed by atoms with Crippen LogP contribution in [0.25, 0.3) is 0 Å². The molecule has 0 saturated heterocycles. The maximum atomic E-state index is 11.9. The van der Waals surface area contributed by atoms with E-state index in [1.807, 2.05) is 32.0 Å². The Bertz CT molecular complexity index is 495. The second kappa shape index (κ2) is 5.73. The molecule has 1 aromatic rings. The predicted octanol–water partition coefficient (Wildman–Crippen LogP) is 2.68. The van der Waals surface area contributed by atoms with Gasteiger partial charge in [0.15, 0.2) is 0 Å². The predicted molar refractivity (Wildman–Crippen MR) is 74.4 cm³/mol. The van der Waals surface area contributed by atoms with Gasteiger partial charge >= 0.3 is 12.0 Å². The largest absolute Gasteiger partial charge is 0.481 e. The number of carbonyl (C=O) groups excluding carboxylic acids is 1. The first-order valence-electron chi connectivity index (χ1n) is 6.08. The van der Waals surface area contributed by atoms with Crippen molar-refractivity contribution in [3.8, 4) is 0 Å². The molecule has 19 heavy (non-hydrogen) atoms. The smallest absolute Gasteiger partial charge is 0.319 e. The molecule has 0 spiro atoms. The monoisotopic (exact) mass is 264 g/mol. The van der Waals surface area contributed by atoms with Gasteiger partial charge in [0.2, 0.25) is 0 Å². The van der Waals surface area contributed by atoms with Gasteiger partial charge < -0.3 is 15.7 Å². The molecule has 5 heteroatoms. The Balaban J connectivity index is 2.70. The lowest BCUT2D eigenvalue weighted by atomic mass is 10.0. The molecule has 0 radical (unpaired) electrons. The first kappa shape index (κ1) is 15.0. The summed E-state index contributed by atoms with van der Waals surface area (Å²) in [6, 6.07) is 5.24. The number of carboxylic acids is 1. The fourth-order valence-electron chi connectivity index (χ4n) is 1.77. The number of rotatable bonds is 4. The van der Waals surface area contributed by atoms with Gasteiger partial charge in [-0.3, -0.25) is 4.79 Å². The van der Waals surface area contributed by atoms with Gasteiger partial charge in [-0.1, -0.05) is 12.1 Å². The number of hydrogen-bond donors (Lipinski definition) is 3. The quantitative estimate of drug-likeness (QED) is 0.782. The van der Waals surface area contributed by atoms with Crippen molar-refractivity contribution in [2.45, 2.75) is 39.7 Å². The number of aliphatic carboxylic acids is 1. The number of urea groups is 1. The lowest BCUT2D eigenvalue weighted by Gasteiger charge is -2.24. The molecule has 0 bridgehead atoms. The van der Waals surface area contributed by atoms with E-state index >= 15 is 0 Å². The zero-order valence-electron chi connectivity index (χ0n) is 11.7. The fraction of sp³-hybridized carbons (Fsp3) is 0.429. The molecule has 0 unspecified atom stereocenters. The second-order valence-corrected chi connectivity index (χ2v) is 5.28. The van der Waals surface area contributed by atoms with E-state index in [2.05, 4.69) is 10.6 Å². The Morgan fingerprint density at radius 2 is 1.89 bits per heavy atom. The lowest BCUT2D eigenvalue weighted by Crippen LogP contribution is -2.46. The van der Waals surface area contributed by atoms with Crippen LogP contribution in [-0.4, -0.2) is 22.6 Å². The Kier molecular flexibility index (Phi) is 4.53. The summed E-state index contributed by atoms with van der Waals surface area (Å²) >= 11 is 0. The van der Waals surface area contributed by atoms with Crippen LogP contribution in [0.15, 0.2) is 18.2 Å². The van der Waals surface area contributed by atoms with Crippen LogP contribution in [0.5, 0.6) is 0 Å². The van der Waals surface area contributed by atoms with Crippen LogP contribution in [0.3, 0.4) is 0 Å². The Morgan fingerprint density at radius 1 is 1.26 bits per heavy atom. The molecule has 0 atom stereocenters. The molecular weight excluding hydrogens is 244 g/mol. The van der Waals surface area contributed by atoms with Crippen molar-refractivity contribution < 1.29 is 14.7 Å². The van der Waals surface area contributed by atoms with Crippen molar-refractivity contribution >= 4 is 17.7 Å². The third kappa shape index (κ3) is 4.62. The summed E-state index contributed by atoms with van der Waals surface area (Å²) in [7, 11) is 0. The summed E-state index contributed by atoms with van der Waals surface area (Å²) < 4.78 is 0. The third-order valence-corrected chi connectivity index (χ3v) is 2.90.